The van der Waals surface area contributed by atoms with Gasteiger partial charge in [0, 0.05) is 18.6 Å². The average molecular weight is 304 g/mol. The molecule has 1 aliphatic carbocycles. The van der Waals surface area contributed by atoms with Gasteiger partial charge in [0.05, 0.1) is 0 Å². The third kappa shape index (κ3) is 3.26. The lowest BCUT2D eigenvalue weighted by Crippen LogP contribution is -2.19. The Morgan fingerprint density at radius 3 is 2.45 bits per heavy atom. The summed E-state index contributed by atoms with van der Waals surface area (Å²) >= 11 is 0. The van der Waals surface area contributed by atoms with Crippen LogP contribution in [0.25, 0.3) is 0 Å². The summed E-state index contributed by atoms with van der Waals surface area (Å²) in [5, 5.41) is 3.48. The molecule has 0 amide bonds. The van der Waals surface area contributed by atoms with Crippen molar-refractivity contribution in [2.75, 3.05) is 0 Å². The van der Waals surface area contributed by atoms with Crippen LogP contribution in [-0.4, -0.2) is 6.61 Å². The molecule has 0 spiro atoms. The molecule has 0 saturated carbocycles. The first-order chi connectivity index (χ1) is 10.6. The van der Waals surface area contributed by atoms with Crippen molar-refractivity contribution in [1.82, 2.24) is 5.32 Å². The SMILES string of the molecule is NC1CC(NCc2ccc(OC(F)F)cc2)c2ccccc21. The highest BCUT2D eigenvalue weighted by molar-refractivity contribution is 5.37. The van der Waals surface area contributed by atoms with Gasteiger partial charge in [-0.05, 0) is 35.2 Å². The lowest BCUT2D eigenvalue weighted by molar-refractivity contribution is -0.0498. The van der Waals surface area contributed by atoms with Gasteiger partial charge in [-0.2, -0.15) is 8.78 Å². The van der Waals surface area contributed by atoms with Crippen molar-refractivity contribution in [2.24, 2.45) is 5.73 Å². The minimum absolute atomic E-state index is 0.0653. The molecular formula is C17H18F2N2O. The van der Waals surface area contributed by atoms with Gasteiger partial charge < -0.3 is 15.8 Å². The van der Waals surface area contributed by atoms with Gasteiger partial charge in [-0.25, -0.2) is 0 Å². The molecule has 116 valence electrons. The van der Waals surface area contributed by atoms with Gasteiger partial charge in [-0.1, -0.05) is 36.4 Å². The fraction of sp³-hybridized carbons (Fsp3) is 0.294. The van der Waals surface area contributed by atoms with Crippen molar-refractivity contribution in [3.8, 4) is 5.75 Å². The molecule has 22 heavy (non-hydrogen) atoms. The van der Waals surface area contributed by atoms with Gasteiger partial charge in [-0.3, -0.25) is 0 Å². The Labute approximate surface area is 128 Å². The number of benzene rings is 2. The van der Waals surface area contributed by atoms with Crippen molar-refractivity contribution in [3.63, 3.8) is 0 Å². The van der Waals surface area contributed by atoms with Gasteiger partial charge in [0.2, 0.25) is 0 Å². The van der Waals surface area contributed by atoms with Crippen LogP contribution in [0.15, 0.2) is 48.5 Å². The molecule has 0 aliphatic heterocycles. The molecular weight excluding hydrogens is 286 g/mol. The van der Waals surface area contributed by atoms with Crippen molar-refractivity contribution in [3.05, 3.63) is 65.2 Å². The smallest absolute Gasteiger partial charge is 0.387 e. The van der Waals surface area contributed by atoms with E-state index in [0.717, 1.165) is 12.0 Å². The molecule has 3 rings (SSSR count). The molecule has 0 saturated heterocycles. The number of fused-ring (bicyclic) bond motifs is 1. The maximum Gasteiger partial charge on any atom is 0.387 e. The summed E-state index contributed by atoms with van der Waals surface area (Å²) in [6.07, 6.45) is 0.867. The third-order valence-corrected chi connectivity index (χ3v) is 3.96. The maximum atomic E-state index is 12.1. The summed E-state index contributed by atoms with van der Waals surface area (Å²) in [7, 11) is 0. The van der Waals surface area contributed by atoms with Crippen LogP contribution < -0.4 is 15.8 Å². The van der Waals surface area contributed by atoms with E-state index < -0.39 is 6.61 Å². The van der Waals surface area contributed by atoms with Crippen LogP contribution in [0.5, 0.6) is 5.75 Å². The Hall–Kier alpha value is -1.98. The molecule has 2 atom stereocenters. The monoisotopic (exact) mass is 304 g/mol. The van der Waals surface area contributed by atoms with E-state index in [1.807, 2.05) is 12.1 Å². The number of nitrogens with two attached hydrogens (primary N) is 1. The summed E-state index contributed by atoms with van der Waals surface area (Å²) in [4.78, 5) is 0. The molecule has 2 aromatic rings. The molecule has 0 aromatic heterocycles. The van der Waals surface area contributed by atoms with E-state index in [9.17, 15) is 8.78 Å². The molecule has 0 bridgehead atoms. The van der Waals surface area contributed by atoms with E-state index in [-0.39, 0.29) is 17.8 Å². The van der Waals surface area contributed by atoms with Crippen LogP contribution in [0.1, 0.15) is 35.2 Å². The highest BCUT2D eigenvalue weighted by Crippen LogP contribution is 2.37. The first-order valence-electron chi connectivity index (χ1n) is 7.25. The predicted molar refractivity (Wildman–Crippen MR) is 80.6 cm³/mol. The average Bonchev–Trinajstić information content (AvgIpc) is 2.83. The van der Waals surface area contributed by atoms with Gasteiger partial charge in [-0.15, -0.1) is 0 Å². The molecule has 0 radical (unpaired) electrons. The quantitative estimate of drug-likeness (QED) is 0.888. The Morgan fingerprint density at radius 1 is 1.09 bits per heavy atom. The van der Waals surface area contributed by atoms with E-state index in [1.54, 1.807) is 24.3 Å². The summed E-state index contributed by atoms with van der Waals surface area (Å²) in [5.74, 6) is 0.173. The van der Waals surface area contributed by atoms with Crippen LogP contribution in [0, 0.1) is 0 Å². The lowest BCUT2D eigenvalue weighted by Gasteiger charge is -2.14. The second-order valence-corrected chi connectivity index (χ2v) is 5.43. The zero-order valence-electron chi connectivity index (χ0n) is 12.0. The first-order valence-corrected chi connectivity index (χ1v) is 7.25. The molecule has 3 nitrogen and oxygen atoms in total. The van der Waals surface area contributed by atoms with Crippen molar-refractivity contribution in [1.29, 1.82) is 0 Å². The largest absolute Gasteiger partial charge is 0.435 e. The van der Waals surface area contributed by atoms with Crippen molar-refractivity contribution >= 4 is 0 Å². The van der Waals surface area contributed by atoms with Crippen LogP contribution in [-0.2, 0) is 6.54 Å². The van der Waals surface area contributed by atoms with Crippen LogP contribution >= 0.6 is 0 Å². The molecule has 2 aromatic carbocycles. The fourth-order valence-corrected chi connectivity index (χ4v) is 2.90. The predicted octanol–water partition coefficient (Wildman–Crippen LogP) is 3.52. The van der Waals surface area contributed by atoms with Crippen molar-refractivity contribution in [2.45, 2.75) is 31.7 Å². The summed E-state index contributed by atoms with van der Waals surface area (Å²) in [6.45, 7) is -2.14. The summed E-state index contributed by atoms with van der Waals surface area (Å²) < 4.78 is 28.5. The fourth-order valence-electron chi connectivity index (χ4n) is 2.90. The van der Waals surface area contributed by atoms with E-state index in [1.165, 1.54) is 11.1 Å². The first kappa shape index (κ1) is 14.9. The van der Waals surface area contributed by atoms with Gasteiger partial charge in [0.15, 0.2) is 0 Å². The maximum absolute atomic E-state index is 12.1. The minimum atomic E-state index is -2.79. The van der Waals surface area contributed by atoms with Crippen LogP contribution in [0.4, 0.5) is 8.78 Å². The van der Waals surface area contributed by atoms with Crippen LogP contribution in [0.2, 0.25) is 0 Å². The second kappa shape index (κ2) is 6.42. The number of hydrogen-bond acceptors (Lipinski definition) is 3. The number of rotatable bonds is 5. The molecule has 2 unspecified atom stereocenters. The van der Waals surface area contributed by atoms with Crippen LogP contribution in [0.3, 0.4) is 0 Å². The van der Waals surface area contributed by atoms with E-state index in [2.05, 4.69) is 22.2 Å². The van der Waals surface area contributed by atoms with Gasteiger partial charge in [0.1, 0.15) is 5.75 Å². The Kier molecular flexibility index (Phi) is 4.36. The zero-order valence-corrected chi connectivity index (χ0v) is 12.0. The number of ether oxygens (including phenoxy) is 1. The molecule has 0 fully saturated rings. The molecule has 0 heterocycles. The van der Waals surface area contributed by atoms with E-state index in [4.69, 9.17) is 5.73 Å². The molecule has 1 aliphatic rings. The minimum Gasteiger partial charge on any atom is -0.435 e. The normalized spacial score (nSPS) is 20.2. The summed E-state index contributed by atoms with van der Waals surface area (Å²) in [6, 6.07) is 15.1. The second-order valence-electron chi connectivity index (χ2n) is 5.43. The Bertz CT molecular complexity index is 631. The summed E-state index contributed by atoms with van der Waals surface area (Å²) in [5.41, 5.74) is 9.60. The highest BCUT2D eigenvalue weighted by atomic mass is 19.3. The molecule has 5 heteroatoms. The standard InChI is InChI=1S/C17H18F2N2O/c18-17(19)22-12-7-5-11(6-8-12)10-21-16-9-15(20)13-3-1-2-4-14(13)16/h1-8,15-17,21H,9-10,20H2. The van der Waals surface area contributed by atoms with Crippen molar-refractivity contribution < 1.29 is 13.5 Å². The zero-order chi connectivity index (χ0) is 15.5. The molecule has 3 N–H and O–H groups in total. The third-order valence-electron chi connectivity index (χ3n) is 3.96. The Morgan fingerprint density at radius 2 is 1.77 bits per heavy atom. The number of hydrogen-bond donors (Lipinski definition) is 2. The topological polar surface area (TPSA) is 47.3 Å². The number of halogens is 2. The van der Waals surface area contributed by atoms with Gasteiger partial charge >= 0.3 is 6.61 Å². The Balaban J connectivity index is 1.61. The number of alkyl halides is 2. The lowest BCUT2D eigenvalue weighted by atomic mass is 10.1. The highest BCUT2D eigenvalue weighted by Gasteiger charge is 2.27. The van der Waals surface area contributed by atoms with E-state index >= 15 is 0 Å². The van der Waals surface area contributed by atoms with E-state index in [0.29, 0.717) is 6.54 Å². The number of nitrogens with one attached hydrogen (secondary N) is 1. The van der Waals surface area contributed by atoms with Gasteiger partial charge in [0.25, 0.3) is 0 Å².